The summed E-state index contributed by atoms with van der Waals surface area (Å²) in [6.07, 6.45) is 6.98. The molecule has 6 N–H and O–H groups in total. The number of hydrogen-bond acceptors (Lipinski definition) is 6. The fourth-order valence-electron chi connectivity index (χ4n) is 2.13. The predicted octanol–water partition coefficient (Wildman–Crippen LogP) is 2.03. The monoisotopic (exact) mass is 442 g/mol. The molecule has 0 spiro atoms. The van der Waals surface area contributed by atoms with Gasteiger partial charge in [0.05, 0.1) is 12.4 Å². The van der Waals surface area contributed by atoms with E-state index in [1.54, 1.807) is 12.4 Å². The van der Waals surface area contributed by atoms with E-state index in [2.05, 4.69) is 45.5 Å². The molecule has 0 aromatic heterocycles. The lowest BCUT2D eigenvalue weighted by Gasteiger charge is -2.05. The molecule has 8 nitrogen and oxygen atoms in total. The summed E-state index contributed by atoms with van der Waals surface area (Å²) in [4.78, 5) is 0. The van der Waals surface area contributed by atoms with E-state index in [0.29, 0.717) is 13.2 Å². The van der Waals surface area contributed by atoms with Crippen LogP contribution >= 0.6 is 24.4 Å². The van der Waals surface area contributed by atoms with Gasteiger partial charge in [-0.1, -0.05) is 24.3 Å². The van der Waals surface area contributed by atoms with Crippen molar-refractivity contribution in [3.05, 3.63) is 71.8 Å². The molecular formula is C20H22N6O2S2. The van der Waals surface area contributed by atoms with E-state index >= 15 is 0 Å². The summed E-state index contributed by atoms with van der Waals surface area (Å²) in [5, 5.41) is 8.04. The minimum Gasteiger partial charge on any atom is -0.490 e. The van der Waals surface area contributed by atoms with Crippen LogP contribution in [0.25, 0.3) is 0 Å². The van der Waals surface area contributed by atoms with Crippen LogP contribution in [0.5, 0.6) is 11.5 Å². The highest BCUT2D eigenvalue weighted by Crippen LogP contribution is 2.13. The van der Waals surface area contributed by atoms with E-state index < -0.39 is 0 Å². The number of nitrogens with one attached hydrogen (secondary N) is 2. The zero-order chi connectivity index (χ0) is 21.6. The molecule has 10 heteroatoms. The number of rotatable bonds is 10. The Morgan fingerprint density at radius 3 is 1.63 bits per heavy atom. The number of nitrogens with two attached hydrogens (primary N) is 2. The lowest BCUT2D eigenvalue weighted by molar-refractivity contribution is 0.350. The van der Waals surface area contributed by atoms with Crippen molar-refractivity contribution in [2.24, 2.45) is 21.7 Å². The number of nitrogens with zero attached hydrogens (tertiary/aromatic N) is 2. The van der Waals surface area contributed by atoms with Crippen LogP contribution in [0.4, 0.5) is 0 Å². The highest BCUT2D eigenvalue weighted by atomic mass is 32.1. The molecule has 30 heavy (non-hydrogen) atoms. The molecule has 0 amide bonds. The van der Waals surface area contributed by atoms with Crippen LogP contribution in [0.3, 0.4) is 0 Å². The molecule has 156 valence electrons. The largest absolute Gasteiger partial charge is 0.490 e. The zero-order valence-electron chi connectivity index (χ0n) is 16.0. The summed E-state index contributed by atoms with van der Waals surface area (Å²) in [5.41, 5.74) is 17.3. The Morgan fingerprint density at radius 1 is 0.800 bits per heavy atom. The molecule has 0 aliphatic heterocycles. The average molecular weight is 443 g/mol. The first kappa shape index (κ1) is 22.8. The predicted molar refractivity (Wildman–Crippen MR) is 128 cm³/mol. The van der Waals surface area contributed by atoms with Gasteiger partial charge in [-0.2, -0.15) is 10.2 Å². The lowest BCUT2D eigenvalue weighted by Crippen LogP contribution is -2.23. The third-order valence-electron chi connectivity index (χ3n) is 3.35. The van der Waals surface area contributed by atoms with Crippen molar-refractivity contribution in [1.82, 2.24) is 10.9 Å². The van der Waals surface area contributed by atoms with Gasteiger partial charge in [0.25, 0.3) is 0 Å². The summed E-state index contributed by atoms with van der Waals surface area (Å²) in [6.45, 7) is 0.818. The molecule has 0 heterocycles. The summed E-state index contributed by atoms with van der Waals surface area (Å²) in [5.74, 6) is 1.44. The van der Waals surface area contributed by atoms with Crippen LogP contribution in [-0.4, -0.2) is 35.9 Å². The Bertz CT molecular complexity index is 871. The van der Waals surface area contributed by atoms with Crippen molar-refractivity contribution in [3.8, 4) is 11.5 Å². The molecule has 2 aromatic rings. The number of hydrogen-bond donors (Lipinski definition) is 4. The standard InChI is InChI=1S/C20H22N6O2S2/c21-19(29)25-23-13-15-5-3-7-17(11-15)27-9-1-2-10-28-18-8-4-6-16(12-18)14-24-26-20(22)30/h1-8,11-14H,9-10H2,(H3,21,25,29)(H3,22,26,30)/b2-1-,23-13+,24-14+. The van der Waals surface area contributed by atoms with Crippen molar-refractivity contribution in [1.29, 1.82) is 0 Å². The molecule has 0 aliphatic carbocycles. The Morgan fingerprint density at radius 2 is 1.23 bits per heavy atom. The maximum Gasteiger partial charge on any atom is 0.184 e. The van der Waals surface area contributed by atoms with Crippen molar-refractivity contribution in [2.75, 3.05) is 13.2 Å². The topological polar surface area (TPSA) is 119 Å². The summed E-state index contributed by atoms with van der Waals surface area (Å²) >= 11 is 9.37. The molecule has 2 aromatic carbocycles. The Balaban J connectivity index is 1.75. The van der Waals surface area contributed by atoms with Crippen LogP contribution < -0.4 is 31.8 Å². The number of thiocarbonyl (C=S) groups is 2. The van der Waals surface area contributed by atoms with E-state index in [1.807, 2.05) is 60.7 Å². The molecule has 0 aliphatic rings. The molecule has 0 fully saturated rings. The highest BCUT2D eigenvalue weighted by Gasteiger charge is 1.96. The molecule has 0 atom stereocenters. The minimum atomic E-state index is 0.110. The molecule has 0 unspecified atom stereocenters. The second-order valence-corrected chi connectivity index (χ2v) is 6.59. The second kappa shape index (κ2) is 12.9. The van der Waals surface area contributed by atoms with E-state index in [0.717, 1.165) is 22.6 Å². The molecule has 0 bridgehead atoms. The van der Waals surface area contributed by atoms with Gasteiger partial charge in [0.2, 0.25) is 0 Å². The quantitative estimate of drug-likeness (QED) is 0.191. The molecule has 2 rings (SSSR count). The van der Waals surface area contributed by atoms with Gasteiger partial charge in [0, 0.05) is 0 Å². The number of benzene rings is 2. The third kappa shape index (κ3) is 9.62. The Labute approximate surface area is 185 Å². The van der Waals surface area contributed by atoms with E-state index in [9.17, 15) is 0 Å². The van der Waals surface area contributed by atoms with Crippen molar-refractivity contribution in [2.45, 2.75) is 0 Å². The van der Waals surface area contributed by atoms with Crippen LogP contribution in [0.15, 0.2) is 70.9 Å². The van der Waals surface area contributed by atoms with Crippen molar-refractivity contribution >= 4 is 47.1 Å². The molecule has 0 saturated heterocycles. The minimum absolute atomic E-state index is 0.110. The van der Waals surface area contributed by atoms with Crippen LogP contribution in [0.2, 0.25) is 0 Å². The maximum atomic E-state index is 5.69. The van der Waals surface area contributed by atoms with Gasteiger partial charge in [-0.25, -0.2) is 0 Å². The fraction of sp³-hybridized carbons (Fsp3) is 0.100. The first-order valence-electron chi connectivity index (χ1n) is 8.80. The SMILES string of the molecule is NC(=S)N/N=C/c1cccc(OC/C=C\COc2cccc(/C=N/NC(N)=S)c2)c1. The van der Waals surface area contributed by atoms with Gasteiger partial charge in [-0.15, -0.1) is 0 Å². The number of hydrazone groups is 2. The Hall–Kier alpha value is -3.50. The molecule has 0 radical (unpaired) electrons. The first-order chi connectivity index (χ1) is 14.5. The summed E-state index contributed by atoms with van der Waals surface area (Å²) < 4.78 is 11.4. The van der Waals surface area contributed by atoms with Gasteiger partial charge in [-0.3, -0.25) is 10.9 Å². The second-order valence-electron chi connectivity index (χ2n) is 5.71. The van der Waals surface area contributed by atoms with E-state index in [4.69, 9.17) is 20.9 Å². The van der Waals surface area contributed by atoms with Crippen LogP contribution in [0.1, 0.15) is 11.1 Å². The first-order valence-corrected chi connectivity index (χ1v) is 9.62. The summed E-state index contributed by atoms with van der Waals surface area (Å²) in [7, 11) is 0. The third-order valence-corrected chi connectivity index (χ3v) is 3.53. The van der Waals surface area contributed by atoms with Gasteiger partial charge < -0.3 is 20.9 Å². The van der Waals surface area contributed by atoms with Gasteiger partial charge >= 0.3 is 0 Å². The summed E-state index contributed by atoms with van der Waals surface area (Å²) in [6, 6.07) is 15.0. The lowest BCUT2D eigenvalue weighted by atomic mass is 10.2. The van der Waals surface area contributed by atoms with Gasteiger partial charge in [0.1, 0.15) is 24.7 Å². The molecule has 0 saturated carbocycles. The van der Waals surface area contributed by atoms with Gasteiger partial charge in [-0.05, 0) is 72.0 Å². The highest BCUT2D eigenvalue weighted by molar-refractivity contribution is 7.80. The van der Waals surface area contributed by atoms with Crippen LogP contribution in [0, 0.1) is 0 Å². The van der Waals surface area contributed by atoms with Gasteiger partial charge in [0.15, 0.2) is 10.2 Å². The van der Waals surface area contributed by atoms with Crippen LogP contribution in [-0.2, 0) is 0 Å². The van der Waals surface area contributed by atoms with Crippen molar-refractivity contribution in [3.63, 3.8) is 0 Å². The van der Waals surface area contributed by atoms with E-state index in [1.165, 1.54) is 0 Å². The number of ether oxygens (including phenoxy) is 2. The molecular weight excluding hydrogens is 420 g/mol. The normalized spacial score (nSPS) is 11.1. The fourth-order valence-corrected chi connectivity index (χ4v) is 2.24. The smallest absolute Gasteiger partial charge is 0.184 e. The Kier molecular flexibility index (Phi) is 9.77. The average Bonchev–Trinajstić information content (AvgIpc) is 2.71. The van der Waals surface area contributed by atoms with E-state index in [-0.39, 0.29) is 10.2 Å². The zero-order valence-corrected chi connectivity index (χ0v) is 17.7. The maximum absolute atomic E-state index is 5.69. The van der Waals surface area contributed by atoms with Crippen molar-refractivity contribution < 1.29 is 9.47 Å².